The van der Waals surface area contributed by atoms with Crippen molar-refractivity contribution in [2.24, 2.45) is 46.3 Å². The Morgan fingerprint density at radius 1 is 1.09 bits per heavy atom. The number of fused-ring (bicyclic) bond motifs is 5. The van der Waals surface area contributed by atoms with Gasteiger partial charge in [-0.2, -0.15) is 0 Å². The summed E-state index contributed by atoms with van der Waals surface area (Å²) < 4.78 is 0. The topological polar surface area (TPSA) is 57.5 Å². The first-order valence-corrected chi connectivity index (χ1v) is 14.2. The molecule has 7 unspecified atom stereocenters. The van der Waals surface area contributed by atoms with E-state index in [9.17, 15) is 9.90 Å². The average Bonchev–Trinajstić information content (AvgIpc) is 3.16. The monoisotopic (exact) mass is 472 g/mol. The maximum Gasteiger partial charge on any atom is 0.147 e. The van der Waals surface area contributed by atoms with Crippen molar-refractivity contribution in [1.82, 2.24) is 0 Å². The quantitative estimate of drug-likeness (QED) is 0.235. The normalized spacial score (nSPS) is 39.6. The van der Waals surface area contributed by atoms with Crippen molar-refractivity contribution in [3.63, 3.8) is 0 Å². The molecule has 0 aromatic heterocycles. The third-order valence-electron chi connectivity index (χ3n) is 10.7. The Hall–Kier alpha value is -0.930. The van der Waals surface area contributed by atoms with Gasteiger partial charge in [-0.25, -0.2) is 0 Å². The second-order valence-electron chi connectivity index (χ2n) is 13.1. The zero-order chi connectivity index (χ0) is 25.1. The van der Waals surface area contributed by atoms with Crippen molar-refractivity contribution >= 4 is 6.29 Å². The number of carbonyl (C=O) groups excluding carboxylic acids is 1. The molecule has 34 heavy (non-hydrogen) atoms. The van der Waals surface area contributed by atoms with Crippen molar-refractivity contribution in [3.05, 3.63) is 23.8 Å². The van der Waals surface area contributed by atoms with E-state index in [2.05, 4.69) is 47.3 Å². The summed E-state index contributed by atoms with van der Waals surface area (Å²) in [6, 6.07) is 0. The Morgan fingerprint density at radius 3 is 2.44 bits per heavy atom. The fourth-order valence-corrected chi connectivity index (χ4v) is 8.77. The molecule has 0 bridgehead atoms. The minimum Gasteiger partial charge on any atom is -0.392 e. The van der Waals surface area contributed by atoms with Crippen LogP contribution in [0.1, 0.15) is 105 Å². The zero-order valence-corrected chi connectivity index (χ0v) is 22.7. The predicted octanol–water partition coefficient (Wildman–Crippen LogP) is 7.12. The summed E-state index contributed by atoms with van der Waals surface area (Å²) in [6.07, 6.45) is 17.6. The number of hydrogen-bond acceptors (Lipinski definition) is 3. The highest BCUT2D eigenvalue weighted by Gasteiger charge is 2.59. The molecular weight excluding hydrogens is 420 g/mol. The van der Waals surface area contributed by atoms with E-state index >= 15 is 0 Å². The molecule has 0 heterocycles. The van der Waals surface area contributed by atoms with Gasteiger partial charge in [0.05, 0.1) is 12.7 Å². The summed E-state index contributed by atoms with van der Waals surface area (Å²) >= 11 is 0. The lowest BCUT2D eigenvalue weighted by Crippen LogP contribution is -2.51. The second kappa shape index (κ2) is 11.4. The van der Waals surface area contributed by atoms with Gasteiger partial charge in [-0.1, -0.05) is 72.1 Å². The molecule has 4 aliphatic rings. The molecule has 4 aliphatic carbocycles. The van der Waals surface area contributed by atoms with Crippen LogP contribution in [0.25, 0.3) is 0 Å². The molecule has 0 aromatic carbocycles. The van der Waals surface area contributed by atoms with E-state index in [0.717, 1.165) is 41.9 Å². The largest absolute Gasteiger partial charge is 0.392 e. The third-order valence-corrected chi connectivity index (χ3v) is 10.7. The Balaban J connectivity index is 0.000000481. The highest BCUT2D eigenvalue weighted by molar-refractivity contribution is 5.72. The predicted molar refractivity (Wildman–Crippen MR) is 141 cm³/mol. The van der Waals surface area contributed by atoms with Gasteiger partial charge in [-0.05, 0) is 97.7 Å². The van der Waals surface area contributed by atoms with Crippen molar-refractivity contribution in [3.8, 4) is 0 Å². The van der Waals surface area contributed by atoms with Gasteiger partial charge in [-0.15, -0.1) is 0 Å². The Labute approximate surface area is 209 Å². The molecule has 0 radical (unpaired) electrons. The van der Waals surface area contributed by atoms with Gasteiger partial charge in [-0.3, -0.25) is 4.79 Å². The summed E-state index contributed by atoms with van der Waals surface area (Å²) in [5.41, 5.74) is 2.83. The fraction of sp³-hybridized carbons (Fsp3) is 0.839. The first-order valence-electron chi connectivity index (χ1n) is 14.2. The van der Waals surface area contributed by atoms with Gasteiger partial charge in [0.1, 0.15) is 6.29 Å². The van der Waals surface area contributed by atoms with Gasteiger partial charge < -0.3 is 10.2 Å². The Morgan fingerprint density at radius 2 is 1.82 bits per heavy atom. The van der Waals surface area contributed by atoms with E-state index in [1.54, 1.807) is 5.57 Å². The number of rotatable bonds is 7. The second-order valence-corrected chi connectivity index (χ2v) is 13.1. The molecule has 0 amide bonds. The smallest absolute Gasteiger partial charge is 0.147 e. The SMILES string of the molecule is C=C(C=O)CO.CC(C)CCC[C@@H](C)C1CCC2C3CCC4=CC(O)CCC4(C)C3CCC21C. The Bertz CT molecular complexity index is 739. The molecule has 8 atom stereocenters. The van der Waals surface area contributed by atoms with E-state index in [1.165, 1.54) is 64.2 Å². The summed E-state index contributed by atoms with van der Waals surface area (Å²) in [6.45, 7) is 15.5. The maximum atomic E-state index is 10.2. The lowest BCUT2D eigenvalue weighted by Gasteiger charge is -2.59. The highest BCUT2D eigenvalue weighted by atomic mass is 16.3. The minimum absolute atomic E-state index is 0.170. The summed E-state index contributed by atoms with van der Waals surface area (Å²) in [4.78, 5) is 9.48. The highest BCUT2D eigenvalue weighted by Crippen LogP contribution is 2.67. The Kier molecular flexibility index (Phi) is 9.29. The number of allylic oxidation sites excluding steroid dienone is 1. The number of carbonyl (C=O) groups is 1. The van der Waals surface area contributed by atoms with Crippen LogP contribution in [0.3, 0.4) is 0 Å². The first-order chi connectivity index (χ1) is 16.1. The molecular formula is C31H52O3. The molecule has 0 aliphatic heterocycles. The van der Waals surface area contributed by atoms with E-state index in [0.29, 0.717) is 17.1 Å². The van der Waals surface area contributed by atoms with Gasteiger partial charge in [0.2, 0.25) is 0 Å². The lowest BCUT2D eigenvalue weighted by molar-refractivity contribution is -0.105. The molecule has 3 nitrogen and oxygen atoms in total. The minimum atomic E-state index is -0.233. The van der Waals surface area contributed by atoms with Gasteiger partial charge >= 0.3 is 0 Å². The molecule has 3 fully saturated rings. The average molecular weight is 473 g/mol. The third kappa shape index (κ3) is 5.56. The van der Waals surface area contributed by atoms with Crippen LogP contribution < -0.4 is 0 Å². The number of aliphatic hydroxyl groups is 2. The number of hydrogen-bond donors (Lipinski definition) is 2. The van der Waals surface area contributed by atoms with Crippen LogP contribution in [-0.4, -0.2) is 29.2 Å². The van der Waals surface area contributed by atoms with Crippen molar-refractivity contribution < 1.29 is 15.0 Å². The molecule has 0 spiro atoms. The molecule has 194 valence electrons. The van der Waals surface area contributed by atoms with Gasteiger partial charge in [0, 0.05) is 5.57 Å². The van der Waals surface area contributed by atoms with Crippen LogP contribution >= 0.6 is 0 Å². The summed E-state index contributed by atoms with van der Waals surface area (Å²) in [5.74, 6) is 5.52. The molecule has 0 aromatic rings. The van der Waals surface area contributed by atoms with E-state index in [-0.39, 0.29) is 18.3 Å². The van der Waals surface area contributed by atoms with Crippen LogP contribution in [0.5, 0.6) is 0 Å². The fourth-order valence-electron chi connectivity index (χ4n) is 8.77. The van der Waals surface area contributed by atoms with Gasteiger partial charge in [0.15, 0.2) is 0 Å². The van der Waals surface area contributed by atoms with Crippen molar-refractivity contribution in [2.75, 3.05) is 6.61 Å². The molecule has 2 N–H and O–H groups in total. The van der Waals surface area contributed by atoms with Crippen LogP contribution in [0.2, 0.25) is 0 Å². The van der Waals surface area contributed by atoms with Gasteiger partial charge in [0.25, 0.3) is 0 Å². The lowest BCUT2D eigenvalue weighted by atomic mass is 9.46. The zero-order valence-electron chi connectivity index (χ0n) is 22.7. The number of aliphatic hydroxyl groups excluding tert-OH is 2. The first kappa shape index (κ1) is 27.7. The van der Waals surface area contributed by atoms with Crippen LogP contribution in [-0.2, 0) is 4.79 Å². The van der Waals surface area contributed by atoms with E-state index in [1.807, 2.05) is 0 Å². The molecule has 0 saturated heterocycles. The van der Waals surface area contributed by atoms with Crippen molar-refractivity contribution in [2.45, 2.75) is 111 Å². The molecule has 3 saturated carbocycles. The standard InChI is InChI=1S/C27H46O.C4H6O2/c1-18(2)7-6-8-19(3)23-11-12-24-22-10-9-20-17-21(28)13-15-26(20,4)25(22)14-16-27(23,24)5;1-4(2-5)3-6/h17-19,21-25,28H,6-16H2,1-5H3;2,6H,1,3H2/t19-,21?,22?,23?,24?,25?,26?,27?;/m1./s1. The van der Waals surface area contributed by atoms with E-state index in [4.69, 9.17) is 5.11 Å². The van der Waals surface area contributed by atoms with Crippen LogP contribution in [0.15, 0.2) is 23.8 Å². The molecule has 4 rings (SSSR count). The van der Waals surface area contributed by atoms with E-state index < -0.39 is 0 Å². The maximum absolute atomic E-state index is 10.2. The molecule has 3 heteroatoms. The number of aldehydes is 1. The van der Waals surface area contributed by atoms with Crippen LogP contribution in [0, 0.1) is 46.3 Å². The summed E-state index contributed by atoms with van der Waals surface area (Å²) in [5, 5.41) is 18.2. The van der Waals surface area contributed by atoms with Crippen molar-refractivity contribution in [1.29, 1.82) is 0 Å². The van der Waals surface area contributed by atoms with Crippen LogP contribution in [0.4, 0.5) is 0 Å². The summed E-state index contributed by atoms with van der Waals surface area (Å²) in [7, 11) is 0.